The second kappa shape index (κ2) is 10.4. The quantitative estimate of drug-likeness (QED) is 0.373. The minimum absolute atomic E-state index is 0.0439. The summed E-state index contributed by atoms with van der Waals surface area (Å²) in [5, 5.41) is 5.24. The van der Waals surface area contributed by atoms with E-state index in [1.807, 2.05) is 30.5 Å². The summed E-state index contributed by atoms with van der Waals surface area (Å²) >= 11 is 0. The number of fused-ring (bicyclic) bond motifs is 1. The van der Waals surface area contributed by atoms with Gasteiger partial charge in [-0.05, 0) is 49.4 Å². The number of nitrogens with zero attached hydrogens (tertiary/aromatic N) is 7. The van der Waals surface area contributed by atoms with Gasteiger partial charge < -0.3 is 9.64 Å². The average Bonchev–Trinajstić information content (AvgIpc) is 3.52. The molecule has 2 saturated heterocycles. The van der Waals surface area contributed by atoms with Crippen molar-refractivity contribution in [1.29, 1.82) is 0 Å². The number of sulfonamides is 1. The number of aromatic nitrogens is 4. The van der Waals surface area contributed by atoms with Gasteiger partial charge in [-0.2, -0.15) is 9.40 Å². The van der Waals surface area contributed by atoms with E-state index in [4.69, 9.17) is 14.7 Å². The Bertz CT molecular complexity index is 1500. The Morgan fingerprint density at radius 3 is 2.32 bits per heavy atom. The maximum Gasteiger partial charge on any atom is 0.243 e. The monoisotopic (exact) mass is 533 g/mol. The van der Waals surface area contributed by atoms with Crippen molar-refractivity contribution in [1.82, 2.24) is 29.0 Å². The number of anilines is 1. The van der Waals surface area contributed by atoms with Crippen LogP contribution >= 0.6 is 0 Å². The van der Waals surface area contributed by atoms with E-state index in [0.717, 1.165) is 41.3 Å². The molecule has 0 bridgehead atoms. The predicted molar refractivity (Wildman–Crippen MR) is 145 cm³/mol. The van der Waals surface area contributed by atoms with E-state index in [1.165, 1.54) is 0 Å². The van der Waals surface area contributed by atoms with Crippen molar-refractivity contribution < 1.29 is 13.2 Å². The molecule has 0 saturated carbocycles. The number of para-hydroxylation sites is 1. The Morgan fingerprint density at radius 2 is 1.61 bits per heavy atom. The standard InChI is InChI=1S/C27H31N7O3S/c1-21(26-29-25-6-3-2-5-24(25)27(30-26)32-17-19-37-20-18-32)31-13-15-33(16-14-31)38(35,36)23-9-7-22(8-10-23)34-12-4-11-28-34/h2-12,21H,13-20H2,1H3. The van der Waals surface area contributed by atoms with Crippen molar-refractivity contribution in [3.63, 3.8) is 0 Å². The van der Waals surface area contributed by atoms with E-state index in [-0.39, 0.29) is 6.04 Å². The smallest absolute Gasteiger partial charge is 0.243 e. The molecule has 4 aromatic rings. The van der Waals surface area contributed by atoms with E-state index >= 15 is 0 Å². The van der Waals surface area contributed by atoms with Crippen LogP contribution in [0.5, 0.6) is 0 Å². The zero-order chi connectivity index (χ0) is 26.1. The van der Waals surface area contributed by atoms with Crippen molar-refractivity contribution >= 4 is 26.7 Å². The van der Waals surface area contributed by atoms with Crippen molar-refractivity contribution in [3.05, 3.63) is 72.8 Å². The molecule has 6 rings (SSSR count). The molecule has 2 aliphatic heterocycles. The number of hydrogen-bond acceptors (Lipinski definition) is 8. The molecule has 38 heavy (non-hydrogen) atoms. The predicted octanol–water partition coefficient (Wildman–Crippen LogP) is 2.72. The summed E-state index contributed by atoms with van der Waals surface area (Å²) in [5.74, 6) is 1.70. The van der Waals surface area contributed by atoms with Crippen LogP contribution in [-0.2, 0) is 14.8 Å². The van der Waals surface area contributed by atoms with Crippen LogP contribution in [0.4, 0.5) is 5.82 Å². The zero-order valence-electron chi connectivity index (χ0n) is 21.3. The fourth-order valence-corrected chi connectivity index (χ4v) is 6.54. The number of morpholine rings is 1. The summed E-state index contributed by atoms with van der Waals surface area (Å²) in [6.45, 7) is 7.11. The highest BCUT2D eigenvalue weighted by Crippen LogP contribution is 2.29. The molecule has 2 aliphatic rings. The van der Waals surface area contributed by atoms with Gasteiger partial charge in [0.1, 0.15) is 11.6 Å². The normalized spacial score (nSPS) is 18.6. The van der Waals surface area contributed by atoms with E-state index in [9.17, 15) is 8.42 Å². The first-order chi connectivity index (χ1) is 18.5. The van der Waals surface area contributed by atoms with E-state index < -0.39 is 10.0 Å². The zero-order valence-corrected chi connectivity index (χ0v) is 22.2. The summed E-state index contributed by atoms with van der Waals surface area (Å²) in [6.07, 6.45) is 3.52. The number of ether oxygens (including phenoxy) is 1. The van der Waals surface area contributed by atoms with Crippen LogP contribution in [0.3, 0.4) is 0 Å². The summed E-state index contributed by atoms with van der Waals surface area (Å²) in [7, 11) is -3.58. The molecule has 0 amide bonds. The van der Waals surface area contributed by atoms with Crippen molar-refractivity contribution in [2.75, 3.05) is 57.4 Å². The molecule has 1 atom stereocenters. The number of hydrogen-bond donors (Lipinski definition) is 0. The van der Waals surface area contributed by atoms with Gasteiger partial charge in [0.25, 0.3) is 0 Å². The maximum atomic E-state index is 13.3. The molecule has 0 radical (unpaired) electrons. The van der Waals surface area contributed by atoms with Crippen LogP contribution in [-0.4, -0.2) is 89.9 Å². The molecule has 1 unspecified atom stereocenters. The molecule has 0 N–H and O–H groups in total. The Balaban J connectivity index is 1.17. The topological polar surface area (TPSA) is 96.7 Å². The first-order valence-corrected chi connectivity index (χ1v) is 14.4. The largest absolute Gasteiger partial charge is 0.378 e. The van der Waals surface area contributed by atoms with Gasteiger partial charge in [-0.3, -0.25) is 4.90 Å². The van der Waals surface area contributed by atoms with Gasteiger partial charge in [-0.25, -0.2) is 23.1 Å². The molecule has 4 heterocycles. The fraction of sp³-hybridized carbons (Fsp3) is 0.370. The highest BCUT2D eigenvalue weighted by molar-refractivity contribution is 7.89. The maximum absolute atomic E-state index is 13.3. The van der Waals surface area contributed by atoms with Gasteiger partial charge in [0.15, 0.2) is 0 Å². The minimum atomic E-state index is -3.58. The second-order valence-corrected chi connectivity index (χ2v) is 11.5. The van der Waals surface area contributed by atoms with Crippen LogP contribution in [0.15, 0.2) is 71.9 Å². The van der Waals surface area contributed by atoms with Gasteiger partial charge in [0.2, 0.25) is 10.0 Å². The number of piperazine rings is 1. The summed E-state index contributed by atoms with van der Waals surface area (Å²) in [6, 6.07) is 16.8. The average molecular weight is 534 g/mol. The van der Waals surface area contributed by atoms with E-state index in [0.29, 0.717) is 44.3 Å². The van der Waals surface area contributed by atoms with Gasteiger partial charge in [0.05, 0.1) is 35.4 Å². The van der Waals surface area contributed by atoms with Gasteiger partial charge in [0, 0.05) is 57.0 Å². The van der Waals surface area contributed by atoms with Crippen molar-refractivity contribution in [2.45, 2.75) is 17.9 Å². The Kier molecular flexibility index (Phi) is 6.83. The Hall–Kier alpha value is -3.38. The fourth-order valence-electron chi connectivity index (χ4n) is 5.12. The van der Waals surface area contributed by atoms with Gasteiger partial charge in [-0.1, -0.05) is 12.1 Å². The summed E-state index contributed by atoms with van der Waals surface area (Å²) < 4.78 is 35.5. The van der Waals surface area contributed by atoms with Crippen LogP contribution < -0.4 is 4.90 Å². The molecule has 2 aromatic carbocycles. The third kappa shape index (κ3) is 4.78. The molecule has 2 aromatic heterocycles. The molecule has 10 nitrogen and oxygen atoms in total. The molecule has 0 spiro atoms. The van der Waals surface area contributed by atoms with Crippen LogP contribution in [0.1, 0.15) is 18.8 Å². The second-order valence-electron chi connectivity index (χ2n) is 9.58. The first-order valence-electron chi connectivity index (χ1n) is 12.9. The molecule has 198 valence electrons. The van der Waals surface area contributed by atoms with Crippen LogP contribution in [0.25, 0.3) is 16.6 Å². The lowest BCUT2D eigenvalue weighted by atomic mass is 10.1. The van der Waals surface area contributed by atoms with Crippen LogP contribution in [0.2, 0.25) is 0 Å². The van der Waals surface area contributed by atoms with Crippen molar-refractivity contribution in [3.8, 4) is 5.69 Å². The SMILES string of the molecule is CC(c1nc(N2CCOCC2)c2ccccc2n1)N1CCN(S(=O)(=O)c2ccc(-n3cccn3)cc2)CC1. The molecule has 0 aliphatic carbocycles. The highest BCUT2D eigenvalue weighted by Gasteiger charge is 2.31. The van der Waals surface area contributed by atoms with Gasteiger partial charge in [-0.15, -0.1) is 0 Å². The number of benzene rings is 2. The molecule has 2 fully saturated rings. The summed E-state index contributed by atoms with van der Waals surface area (Å²) in [4.78, 5) is 14.8. The third-order valence-corrected chi connectivity index (χ3v) is 9.26. The minimum Gasteiger partial charge on any atom is -0.378 e. The van der Waals surface area contributed by atoms with E-state index in [2.05, 4.69) is 27.9 Å². The molecular weight excluding hydrogens is 502 g/mol. The lowest BCUT2D eigenvalue weighted by Gasteiger charge is -2.37. The Labute approximate surface area is 222 Å². The van der Waals surface area contributed by atoms with Crippen LogP contribution in [0, 0.1) is 0 Å². The van der Waals surface area contributed by atoms with Gasteiger partial charge >= 0.3 is 0 Å². The Morgan fingerprint density at radius 1 is 0.868 bits per heavy atom. The highest BCUT2D eigenvalue weighted by atomic mass is 32.2. The first kappa shape index (κ1) is 24.9. The third-order valence-electron chi connectivity index (χ3n) is 7.35. The molecule has 11 heteroatoms. The lowest BCUT2D eigenvalue weighted by molar-refractivity contribution is 0.122. The lowest BCUT2D eigenvalue weighted by Crippen LogP contribution is -2.49. The number of rotatable bonds is 6. The van der Waals surface area contributed by atoms with Crippen molar-refractivity contribution in [2.24, 2.45) is 0 Å². The van der Waals surface area contributed by atoms with E-state index in [1.54, 1.807) is 39.4 Å². The molecular formula is C27H31N7O3S. The summed E-state index contributed by atoms with van der Waals surface area (Å²) in [5.41, 5.74) is 1.74.